The van der Waals surface area contributed by atoms with Crippen molar-refractivity contribution in [3.63, 3.8) is 0 Å². The number of benzene rings is 3. The largest absolute Gasteiger partial charge is 0.436 e. The Morgan fingerprint density at radius 1 is 1.00 bits per heavy atom. The maximum atomic E-state index is 12.7. The van der Waals surface area contributed by atoms with Crippen LogP contribution < -0.4 is 10.2 Å². The quantitative estimate of drug-likeness (QED) is 0.533. The molecule has 0 aliphatic carbocycles. The van der Waals surface area contributed by atoms with Crippen LogP contribution in [-0.2, 0) is 4.79 Å². The van der Waals surface area contributed by atoms with Crippen molar-refractivity contribution >= 4 is 34.3 Å². The van der Waals surface area contributed by atoms with E-state index in [0.29, 0.717) is 30.1 Å². The number of hydrogen-bond donors (Lipinski definition) is 1. The molecule has 30 heavy (non-hydrogen) atoms. The highest BCUT2D eigenvalue weighted by Crippen LogP contribution is 2.26. The van der Waals surface area contributed by atoms with Gasteiger partial charge in [-0.15, -0.1) is 0 Å². The maximum Gasteiger partial charge on any atom is 0.255 e. The van der Waals surface area contributed by atoms with Gasteiger partial charge < -0.3 is 14.6 Å². The molecule has 1 N–H and O–H groups in total. The molecule has 1 aromatic heterocycles. The van der Waals surface area contributed by atoms with Gasteiger partial charge in [0.05, 0.1) is 0 Å². The van der Waals surface area contributed by atoms with E-state index in [1.165, 1.54) is 0 Å². The predicted octanol–water partition coefficient (Wildman–Crippen LogP) is 4.87. The van der Waals surface area contributed by atoms with Crippen molar-refractivity contribution in [1.82, 2.24) is 4.98 Å². The number of nitrogens with zero attached hydrogens (tertiary/aromatic N) is 2. The van der Waals surface area contributed by atoms with E-state index in [1.807, 2.05) is 54.6 Å². The number of carbonyl (C=O) groups is 2. The van der Waals surface area contributed by atoms with Gasteiger partial charge in [0, 0.05) is 35.5 Å². The van der Waals surface area contributed by atoms with Crippen molar-refractivity contribution in [1.29, 1.82) is 0 Å². The number of oxazole rings is 1. The normalized spacial score (nSPS) is 13.7. The van der Waals surface area contributed by atoms with Gasteiger partial charge in [-0.05, 0) is 61.0 Å². The number of amides is 2. The molecule has 148 valence electrons. The van der Waals surface area contributed by atoms with Crippen molar-refractivity contribution in [2.75, 3.05) is 16.8 Å². The molecule has 0 radical (unpaired) electrons. The molecule has 0 atom stereocenters. The third kappa shape index (κ3) is 3.43. The summed E-state index contributed by atoms with van der Waals surface area (Å²) >= 11 is 0. The van der Waals surface area contributed by atoms with E-state index < -0.39 is 0 Å². The second-order valence-electron chi connectivity index (χ2n) is 7.22. The van der Waals surface area contributed by atoms with E-state index in [1.54, 1.807) is 23.1 Å². The number of para-hydroxylation sites is 2. The lowest BCUT2D eigenvalue weighted by atomic mass is 10.1. The molecule has 6 nitrogen and oxygen atoms in total. The van der Waals surface area contributed by atoms with E-state index in [2.05, 4.69) is 10.3 Å². The van der Waals surface area contributed by atoms with E-state index in [0.717, 1.165) is 28.8 Å². The molecule has 0 bridgehead atoms. The molecule has 1 saturated heterocycles. The van der Waals surface area contributed by atoms with Crippen LogP contribution in [0.5, 0.6) is 0 Å². The molecule has 1 fully saturated rings. The molecular weight excluding hydrogens is 378 g/mol. The Hall–Kier alpha value is -3.93. The van der Waals surface area contributed by atoms with Gasteiger partial charge in [-0.1, -0.05) is 18.2 Å². The van der Waals surface area contributed by atoms with Crippen molar-refractivity contribution in [2.45, 2.75) is 12.8 Å². The van der Waals surface area contributed by atoms with Crippen LogP contribution >= 0.6 is 0 Å². The summed E-state index contributed by atoms with van der Waals surface area (Å²) in [6.07, 6.45) is 1.41. The van der Waals surface area contributed by atoms with Gasteiger partial charge in [0.2, 0.25) is 11.8 Å². The Labute approximate surface area is 173 Å². The molecular formula is C24H19N3O3. The Bertz CT molecular complexity index is 1210. The summed E-state index contributed by atoms with van der Waals surface area (Å²) in [4.78, 5) is 30.9. The lowest BCUT2D eigenvalue weighted by molar-refractivity contribution is -0.117. The Balaban J connectivity index is 1.32. The zero-order valence-corrected chi connectivity index (χ0v) is 16.2. The van der Waals surface area contributed by atoms with Crippen LogP contribution in [0.25, 0.3) is 22.6 Å². The van der Waals surface area contributed by atoms with Crippen LogP contribution in [0.2, 0.25) is 0 Å². The summed E-state index contributed by atoms with van der Waals surface area (Å²) in [7, 11) is 0. The highest BCUT2D eigenvalue weighted by Gasteiger charge is 2.22. The fourth-order valence-electron chi connectivity index (χ4n) is 3.63. The summed E-state index contributed by atoms with van der Waals surface area (Å²) in [5.41, 5.74) is 4.32. The van der Waals surface area contributed by atoms with Gasteiger partial charge in [-0.2, -0.15) is 0 Å². The summed E-state index contributed by atoms with van der Waals surface area (Å²) in [6.45, 7) is 0.696. The third-order valence-corrected chi connectivity index (χ3v) is 5.18. The summed E-state index contributed by atoms with van der Waals surface area (Å²) in [6, 6.07) is 22.1. The third-order valence-electron chi connectivity index (χ3n) is 5.18. The average Bonchev–Trinajstić information content (AvgIpc) is 3.40. The first-order valence-electron chi connectivity index (χ1n) is 9.85. The maximum absolute atomic E-state index is 12.7. The first-order chi connectivity index (χ1) is 14.7. The zero-order chi connectivity index (χ0) is 20.5. The minimum atomic E-state index is -0.224. The van der Waals surface area contributed by atoms with Crippen LogP contribution in [0.1, 0.15) is 23.2 Å². The molecule has 0 unspecified atom stereocenters. The number of rotatable bonds is 4. The minimum absolute atomic E-state index is 0.0994. The molecule has 4 aromatic rings. The first-order valence-corrected chi connectivity index (χ1v) is 9.85. The molecule has 6 heteroatoms. The second kappa shape index (κ2) is 7.48. The van der Waals surface area contributed by atoms with Crippen molar-refractivity contribution in [3.8, 4) is 11.5 Å². The van der Waals surface area contributed by atoms with Crippen molar-refractivity contribution in [2.24, 2.45) is 0 Å². The zero-order valence-electron chi connectivity index (χ0n) is 16.2. The van der Waals surface area contributed by atoms with E-state index >= 15 is 0 Å². The summed E-state index contributed by atoms with van der Waals surface area (Å²) in [5.74, 6) is 0.414. The van der Waals surface area contributed by atoms with Crippen LogP contribution in [0.15, 0.2) is 77.2 Å². The fraction of sp³-hybridized carbons (Fsp3) is 0.125. The van der Waals surface area contributed by atoms with Gasteiger partial charge >= 0.3 is 0 Å². The Morgan fingerprint density at radius 3 is 2.60 bits per heavy atom. The van der Waals surface area contributed by atoms with Gasteiger partial charge in [-0.3, -0.25) is 9.59 Å². The molecule has 1 aliphatic heterocycles. The molecule has 2 heterocycles. The van der Waals surface area contributed by atoms with Crippen LogP contribution in [-0.4, -0.2) is 23.3 Å². The monoisotopic (exact) mass is 397 g/mol. The topological polar surface area (TPSA) is 75.4 Å². The highest BCUT2D eigenvalue weighted by atomic mass is 16.3. The van der Waals surface area contributed by atoms with Crippen LogP contribution in [0, 0.1) is 0 Å². The average molecular weight is 397 g/mol. The molecule has 3 aromatic carbocycles. The first kappa shape index (κ1) is 18.1. The molecule has 2 amide bonds. The Morgan fingerprint density at radius 2 is 1.83 bits per heavy atom. The lowest BCUT2D eigenvalue weighted by Gasteiger charge is -2.16. The number of hydrogen-bond acceptors (Lipinski definition) is 4. The summed E-state index contributed by atoms with van der Waals surface area (Å²) in [5, 5.41) is 2.90. The lowest BCUT2D eigenvalue weighted by Crippen LogP contribution is -2.24. The standard InChI is InChI=1S/C24H19N3O3/c28-22-9-4-14-27(22)19-6-3-5-17(15-19)23(29)25-18-12-10-16(11-13-18)24-26-20-7-1-2-8-21(20)30-24/h1-3,5-8,10-13,15H,4,9,14H2,(H,25,29). The number of aromatic nitrogens is 1. The SMILES string of the molecule is O=C(Nc1ccc(-c2nc3ccccc3o2)cc1)c1cccc(N2CCCC2=O)c1. The van der Waals surface area contributed by atoms with Gasteiger partial charge in [0.15, 0.2) is 5.58 Å². The van der Waals surface area contributed by atoms with Crippen LogP contribution in [0.3, 0.4) is 0 Å². The predicted molar refractivity (Wildman–Crippen MR) is 115 cm³/mol. The van der Waals surface area contributed by atoms with Gasteiger partial charge in [0.1, 0.15) is 5.52 Å². The van der Waals surface area contributed by atoms with E-state index in [4.69, 9.17) is 4.42 Å². The highest BCUT2D eigenvalue weighted by molar-refractivity contribution is 6.05. The van der Waals surface area contributed by atoms with Gasteiger partial charge in [0.25, 0.3) is 5.91 Å². The van der Waals surface area contributed by atoms with Crippen LogP contribution in [0.4, 0.5) is 11.4 Å². The fourth-order valence-corrected chi connectivity index (χ4v) is 3.63. The van der Waals surface area contributed by atoms with Gasteiger partial charge in [-0.25, -0.2) is 4.98 Å². The molecule has 1 aliphatic rings. The number of anilines is 2. The van der Waals surface area contributed by atoms with E-state index in [9.17, 15) is 9.59 Å². The van der Waals surface area contributed by atoms with Crippen molar-refractivity contribution in [3.05, 3.63) is 78.4 Å². The minimum Gasteiger partial charge on any atom is -0.436 e. The second-order valence-corrected chi connectivity index (χ2v) is 7.22. The number of carbonyl (C=O) groups excluding carboxylic acids is 2. The Kier molecular flexibility index (Phi) is 4.52. The molecule has 5 rings (SSSR count). The number of fused-ring (bicyclic) bond motifs is 1. The smallest absolute Gasteiger partial charge is 0.255 e. The summed E-state index contributed by atoms with van der Waals surface area (Å²) < 4.78 is 5.78. The van der Waals surface area contributed by atoms with E-state index in [-0.39, 0.29) is 11.8 Å². The van der Waals surface area contributed by atoms with Crippen molar-refractivity contribution < 1.29 is 14.0 Å². The molecule has 0 spiro atoms. The number of nitrogens with one attached hydrogen (secondary N) is 1. The molecule has 0 saturated carbocycles.